The van der Waals surface area contributed by atoms with Gasteiger partial charge >= 0.3 is 24.9 Å². The molecular weight excluding hydrogens is 687 g/mol. The molecule has 3 aromatic rings. The van der Waals surface area contributed by atoms with Crippen LogP contribution in [0.2, 0.25) is 10.0 Å². The maximum atomic E-state index is 12.4. The van der Waals surface area contributed by atoms with Gasteiger partial charge in [0.15, 0.2) is 0 Å². The number of hydrogen-bond acceptors (Lipinski definition) is 1. The summed E-state index contributed by atoms with van der Waals surface area (Å²) in [6.07, 6.45) is -18.6. The molecule has 0 N–H and O–H groups in total. The fourth-order valence-corrected chi connectivity index (χ4v) is 4.01. The second-order valence-electron chi connectivity index (χ2n) is 10.8. The summed E-state index contributed by atoms with van der Waals surface area (Å²) in [5.74, 6) is -0.550. The molecule has 15 heteroatoms. The Morgan fingerprint density at radius 1 is 0.435 bits per heavy atom. The summed E-state index contributed by atoms with van der Waals surface area (Å²) in [4.78, 5) is 0. The third-order valence-electron chi connectivity index (χ3n) is 5.98. The number of rotatable bonds is 4. The van der Waals surface area contributed by atoms with Crippen molar-refractivity contribution < 1.29 is 57.4 Å². The fourth-order valence-electron chi connectivity index (χ4n) is 3.53. The molecule has 3 aromatic carbocycles. The van der Waals surface area contributed by atoms with Gasteiger partial charge in [-0.25, -0.2) is 0 Å². The third kappa shape index (κ3) is 14.3. The molecule has 0 aliphatic heterocycles. The van der Waals surface area contributed by atoms with Crippen molar-refractivity contribution in [2.24, 2.45) is 0 Å². The van der Waals surface area contributed by atoms with E-state index >= 15 is 0 Å². The van der Waals surface area contributed by atoms with Crippen molar-refractivity contribution in [1.29, 1.82) is 0 Å². The van der Waals surface area contributed by atoms with Crippen LogP contribution in [0.15, 0.2) is 54.6 Å². The Hall–Kier alpha value is -2.80. The zero-order chi connectivity index (χ0) is 36.0. The Kier molecular flexibility index (Phi) is 14.2. The number of halogens is 14. The molecule has 0 bridgehead atoms. The van der Waals surface area contributed by atoms with Gasteiger partial charge in [-0.2, -0.15) is 39.5 Å². The van der Waals surface area contributed by atoms with Gasteiger partial charge in [-0.1, -0.05) is 64.7 Å². The standard InChI is InChI=1S/C11H10F6.C10H10ClF3O.C10H10ClF3/c1-6(2)7-3-8(10(12,13)14)5-9(4-7)11(15,16)17;1-6(2)7-3-8(11)5-9(4-7)15-10(12,13)14;1-6(2)7-3-8(10(12,13)14)5-9(11)4-7/h3-6H,1-2H3;3-6H,1-2H3;3-6H,1-2H3. The van der Waals surface area contributed by atoms with Gasteiger partial charge in [0.25, 0.3) is 0 Å². The van der Waals surface area contributed by atoms with Crippen LogP contribution in [0.5, 0.6) is 5.75 Å². The highest BCUT2D eigenvalue weighted by Gasteiger charge is 2.37. The largest absolute Gasteiger partial charge is 0.573 e. The molecule has 258 valence electrons. The summed E-state index contributed by atoms with van der Waals surface area (Å²) in [5.41, 5.74) is -1.89. The van der Waals surface area contributed by atoms with Crippen LogP contribution in [-0.2, 0) is 18.5 Å². The summed E-state index contributed by atoms with van der Waals surface area (Å²) >= 11 is 11.3. The van der Waals surface area contributed by atoms with Gasteiger partial charge in [0.05, 0.1) is 16.7 Å². The van der Waals surface area contributed by atoms with E-state index in [9.17, 15) is 52.7 Å². The van der Waals surface area contributed by atoms with Crippen LogP contribution in [0.1, 0.15) is 92.7 Å². The summed E-state index contributed by atoms with van der Waals surface area (Å²) in [6, 6.07) is 9.36. The minimum absolute atomic E-state index is 0.0205. The molecule has 0 atom stereocenters. The molecule has 1 nitrogen and oxygen atoms in total. The van der Waals surface area contributed by atoms with E-state index in [1.54, 1.807) is 12.1 Å². The number of alkyl halides is 12. The Morgan fingerprint density at radius 2 is 0.739 bits per heavy atom. The third-order valence-corrected chi connectivity index (χ3v) is 6.42. The first-order chi connectivity index (χ1) is 20.6. The highest BCUT2D eigenvalue weighted by molar-refractivity contribution is 6.31. The second-order valence-corrected chi connectivity index (χ2v) is 11.7. The molecule has 0 radical (unpaired) electrons. The fraction of sp³-hybridized carbons (Fsp3) is 0.419. The maximum Gasteiger partial charge on any atom is 0.573 e. The average molecular weight is 717 g/mol. The van der Waals surface area contributed by atoms with Crippen molar-refractivity contribution >= 4 is 23.2 Å². The second kappa shape index (κ2) is 15.9. The van der Waals surface area contributed by atoms with Gasteiger partial charge in [-0.05, 0) is 89.0 Å². The van der Waals surface area contributed by atoms with Gasteiger partial charge in [0.1, 0.15) is 5.75 Å². The van der Waals surface area contributed by atoms with Gasteiger partial charge in [0.2, 0.25) is 0 Å². The molecule has 0 aromatic heterocycles. The SMILES string of the molecule is CC(C)c1cc(C(F)(F)F)cc(C(F)(F)F)c1.CC(C)c1cc(Cl)cc(C(F)(F)F)c1.CC(C)c1cc(Cl)cc(OC(F)(F)F)c1. The first-order valence-electron chi connectivity index (χ1n) is 13.3. The Balaban J connectivity index is 0.000000347. The highest BCUT2D eigenvalue weighted by Crippen LogP contribution is 2.38. The van der Waals surface area contributed by atoms with Crippen molar-refractivity contribution in [2.45, 2.75) is 84.2 Å². The van der Waals surface area contributed by atoms with Crippen molar-refractivity contribution in [3.63, 3.8) is 0 Å². The molecule has 0 heterocycles. The summed E-state index contributed by atoms with van der Waals surface area (Å²) in [5, 5.41) is 0.365. The summed E-state index contributed by atoms with van der Waals surface area (Å²) < 4.78 is 151. The van der Waals surface area contributed by atoms with Gasteiger partial charge in [0, 0.05) is 10.0 Å². The van der Waals surface area contributed by atoms with Gasteiger partial charge < -0.3 is 4.74 Å². The van der Waals surface area contributed by atoms with E-state index in [4.69, 9.17) is 23.2 Å². The van der Waals surface area contributed by atoms with E-state index in [1.807, 2.05) is 27.7 Å². The number of hydrogen-bond donors (Lipinski definition) is 0. The van der Waals surface area contributed by atoms with Gasteiger partial charge in [-0.3, -0.25) is 0 Å². The summed E-state index contributed by atoms with van der Waals surface area (Å²) in [6.45, 7) is 10.5. The predicted molar refractivity (Wildman–Crippen MR) is 153 cm³/mol. The van der Waals surface area contributed by atoms with E-state index in [2.05, 4.69) is 4.74 Å². The molecule has 0 saturated heterocycles. The molecule has 0 spiro atoms. The molecule has 46 heavy (non-hydrogen) atoms. The van der Waals surface area contributed by atoms with Crippen LogP contribution in [0.4, 0.5) is 52.7 Å². The lowest BCUT2D eigenvalue weighted by Crippen LogP contribution is -2.17. The number of benzene rings is 3. The monoisotopic (exact) mass is 716 g/mol. The van der Waals surface area contributed by atoms with E-state index in [0.29, 0.717) is 11.1 Å². The quantitative estimate of drug-likeness (QED) is 0.244. The first-order valence-corrected chi connectivity index (χ1v) is 14.1. The zero-order valence-electron chi connectivity index (χ0n) is 25.1. The minimum atomic E-state index is -4.77. The lowest BCUT2D eigenvalue weighted by Gasteiger charge is -2.15. The molecule has 0 aliphatic rings. The average Bonchev–Trinajstić information content (AvgIpc) is 2.86. The first kappa shape index (κ1) is 41.2. The molecule has 0 fully saturated rings. The van der Waals surface area contributed by atoms with Crippen molar-refractivity contribution in [3.8, 4) is 5.75 Å². The van der Waals surface area contributed by atoms with Crippen LogP contribution >= 0.6 is 23.2 Å². The van der Waals surface area contributed by atoms with Crippen molar-refractivity contribution in [3.05, 3.63) is 98.0 Å². The van der Waals surface area contributed by atoms with E-state index < -0.39 is 47.5 Å². The van der Waals surface area contributed by atoms with E-state index in [0.717, 1.165) is 30.3 Å². The minimum Gasteiger partial charge on any atom is -0.406 e. The smallest absolute Gasteiger partial charge is 0.406 e. The molecular formula is C31H30Cl2F12O. The normalized spacial score (nSPS) is 12.5. The van der Waals surface area contributed by atoms with E-state index in [-0.39, 0.29) is 39.3 Å². The van der Waals surface area contributed by atoms with Crippen LogP contribution in [-0.4, -0.2) is 6.36 Å². The predicted octanol–water partition coefficient (Wildman–Crippen LogP) is 13.7. The Morgan fingerprint density at radius 3 is 1.07 bits per heavy atom. The lowest BCUT2D eigenvalue weighted by atomic mass is 9.97. The van der Waals surface area contributed by atoms with Gasteiger partial charge in [-0.15, -0.1) is 13.2 Å². The van der Waals surface area contributed by atoms with Crippen molar-refractivity contribution in [2.75, 3.05) is 0 Å². The maximum absolute atomic E-state index is 12.4. The van der Waals surface area contributed by atoms with Crippen LogP contribution in [0, 0.1) is 0 Å². The van der Waals surface area contributed by atoms with Crippen LogP contribution in [0.25, 0.3) is 0 Å². The zero-order valence-corrected chi connectivity index (χ0v) is 26.6. The highest BCUT2D eigenvalue weighted by atomic mass is 35.5. The van der Waals surface area contributed by atoms with Crippen LogP contribution in [0.3, 0.4) is 0 Å². The topological polar surface area (TPSA) is 9.23 Å². The van der Waals surface area contributed by atoms with Crippen molar-refractivity contribution in [1.82, 2.24) is 0 Å². The Bertz CT molecular complexity index is 1390. The van der Waals surface area contributed by atoms with Crippen LogP contribution < -0.4 is 4.74 Å². The molecule has 3 rings (SSSR count). The Labute approximate surface area is 268 Å². The molecule has 0 aliphatic carbocycles. The summed E-state index contributed by atoms with van der Waals surface area (Å²) in [7, 11) is 0. The number of ether oxygens (including phenoxy) is 1. The molecule has 0 saturated carbocycles. The molecule has 0 unspecified atom stereocenters. The van der Waals surface area contributed by atoms with E-state index in [1.165, 1.54) is 19.9 Å². The molecule has 0 amide bonds. The lowest BCUT2D eigenvalue weighted by molar-refractivity contribution is -0.274.